The summed E-state index contributed by atoms with van der Waals surface area (Å²) in [5, 5.41) is 5.06. The van der Waals surface area contributed by atoms with Crippen LogP contribution in [0.5, 0.6) is 0 Å². The monoisotopic (exact) mass is 384 g/mol. The summed E-state index contributed by atoms with van der Waals surface area (Å²) < 4.78 is 9.86. The van der Waals surface area contributed by atoms with E-state index in [1.165, 1.54) is 14.0 Å². The maximum atomic E-state index is 12.4. The van der Waals surface area contributed by atoms with Crippen molar-refractivity contribution in [2.24, 2.45) is 0 Å². The topological polar surface area (TPSA) is 93.7 Å². The van der Waals surface area contributed by atoms with Crippen molar-refractivity contribution in [3.05, 3.63) is 71.8 Å². The number of amides is 2. The Balaban J connectivity index is 1.87. The fourth-order valence-electron chi connectivity index (χ4n) is 2.49. The Labute approximate surface area is 164 Å². The molecule has 2 N–H and O–H groups in total. The van der Waals surface area contributed by atoms with Crippen LogP contribution in [0.15, 0.2) is 60.7 Å². The highest BCUT2D eigenvalue weighted by molar-refractivity contribution is 5.89. The molecule has 7 heteroatoms. The lowest BCUT2D eigenvalue weighted by molar-refractivity contribution is -0.145. The van der Waals surface area contributed by atoms with E-state index in [2.05, 4.69) is 10.6 Å². The molecule has 0 saturated heterocycles. The molecule has 0 fully saturated rings. The molecule has 0 heterocycles. The Kier molecular flexibility index (Phi) is 8.02. The summed E-state index contributed by atoms with van der Waals surface area (Å²) >= 11 is 0. The fourth-order valence-corrected chi connectivity index (χ4v) is 2.49. The predicted octanol–water partition coefficient (Wildman–Crippen LogP) is 2.20. The lowest BCUT2D eigenvalue weighted by atomic mass is 10.1. The first-order valence-electron chi connectivity index (χ1n) is 8.89. The lowest BCUT2D eigenvalue weighted by Gasteiger charge is -2.20. The van der Waals surface area contributed by atoms with Gasteiger partial charge in [0, 0.05) is 6.42 Å². The maximum Gasteiger partial charge on any atom is 0.408 e. The second-order valence-corrected chi connectivity index (χ2v) is 6.20. The number of methoxy groups -OCH3 is 1. The lowest BCUT2D eigenvalue weighted by Crippen LogP contribution is -2.51. The van der Waals surface area contributed by atoms with E-state index < -0.39 is 30.1 Å². The molecule has 2 aromatic rings. The van der Waals surface area contributed by atoms with Gasteiger partial charge in [-0.05, 0) is 18.1 Å². The molecule has 2 atom stereocenters. The van der Waals surface area contributed by atoms with Gasteiger partial charge in [0.2, 0.25) is 5.91 Å². The largest absolute Gasteiger partial charge is 0.467 e. The van der Waals surface area contributed by atoms with E-state index in [0.717, 1.165) is 11.1 Å². The van der Waals surface area contributed by atoms with E-state index in [0.29, 0.717) is 0 Å². The minimum Gasteiger partial charge on any atom is -0.467 e. The molecular weight excluding hydrogens is 360 g/mol. The van der Waals surface area contributed by atoms with Gasteiger partial charge in [-0.15, -0.1) is 0 Å². The Morgan fingerprint density at radius 3 is 2.04 bits per heavy atom. The van der Waals surface area contributed by atoms with Crippen molar-refractivity contribution >= 4 is 18.0 Å². The van der Waals surface area contributed by atoms with Crippen LogP contribution in [-0.4, -0.2) is 37.2 Å². The zero-order valence-corrected chi connectivity index (χ0v) is 15.9. The first kappa shape index (κ1) is 21.0. The van der Waals surface area contributed by atoms with E-state index in [-0.39, 0.29) is 13.0 Å². The number of benzene rings is 2. The number of carbonyl (C=O) groups is 3. The predicted molar refractivity (Wildman–Crippen MR) is 103 cm³/mol. The van der Waals surface area contributed by atoms with Gasteiger partial charge in [0.25, 0.3) is 0 Å². The van der Waals surface area contributed by atoms with E-state index in [1.54, 1.807) is 0 Å². The minimum atomic E-state index is -0.883. The van der Waals surface area contributed by atoms with Crippen LogP contribution < -0.4 is 10.6 Å². The highest BCUT2D eigenvalue weighted by Crippen LogP contribution is 2.05. The molecular formula is C21H24N2O5. The third kappa shape index (κ3) is 6.75. The summed E-state index contributed by atoms with van der Waals surface area (Å²) in [5.74, 6) is -1.07. The average Bonchev–Trinajstić information content (AvgIpc) is 2.72. The average molecular weight is 384 g/mol. The van der Waals surface area contributed by atoms with Gasteiger partial charge in [0.05, 0.1) is 7.11 Å². The van der Waals surface area contributed by atoms with Crippen LogP contribution in [0.25, 0.3) is 0 Å². The van der Waals surface area contributed by atoms with Crippen LogP contribution in [-0.2, 0) is 32.1 Å². The van der Waals surface area contributed by atoms with Crippen LogP contribution in [0.4, 0.5) is 4.79 Å². The molecule has 0 bridgehead atoms. The standard InChI is InChI=1S/C21H24N2O5/c1-15(22-21(26)28-14-17-11-7-4-8-12-17)19(24)23-18(20(25)27-2)13-16-9-5-3-6-10-16/h3-12,15,18H,13-14H2,1-2H3,(H,22,26)(H,23,24)/t15-,18+/m1/s1. The summed E-state index contributed by atoms with van der Waals surface area (Å²) in [5.41, 5.74) is 1.71. The first-order valence-corrected chi connectivity index (χ1v) is 8.89. The maximum absolute atomic E-state index is 12.4. The second-order valence-electron chi connectivity index (χ2n) is 6.20. The molecule has 0 saturated carbocycles. The van der Waals surface area contributed by atoms with Crippen molar-refractivity contribution in [3.8, 4) is 0 Å². The zero-order chi connectivity index (χ0) is 20.4. The van der Waals surface area contributed by atoms with Crippen LogP contribution >= 0.6 is 0 Å². The summed E-state index contributed by atoms with van der Waals surface area (Å²) in [6.45, 7) is 1.61. The van der Waals surface area contributed by atoms with Gasteiger partial charge in [-0.2, -0.15) is 0 Å². The summed E-state index contributed by atoms with van der Waals surface area (Å²) in [4.78, 5) is 36.3. The zero-order valence-electron chi connectivity index (χ0n) is 15.9. The highest BCUT2D eigenvalue weighted by Gasteiger charge is 2.25. The van der Waals surface area contributed by atoms with Crippen LogP contribution in [0, 0.1) is 0 Å². The van der Waals surface area contributed by atoms with E-state index in [1.807, 2.05) is 60.7 Å². The second kappa shape index (κ2) is 10.7. The van der Waals surface area contributed by atoms with Crippen molar-refractivity contribution < 1.29 is 23.9 Å². The van der Waals surface area contributed by atoms with Crippen molar-refractivity contribution in [2.75, 3.05) is 7.11 Å². The molecule has 0 aromatic heterocycles. The molecule has 148 valence electrons. The quantitative estimate of drug-likeness (QED) is 0.681. The number of esters is 1. The Hall–Kier alpha value is -3.35. The van der Waals surface area contributed by atoms with Crippen LogP contribution in [0.1, 0.15) is 18.1 Å². The van der Waals surface area contributed by atoms with Gasteiger partial charge >= 0.3 is 12.1 Å². The smallest absolute Gasteiger partial charge is 0.408 e. The molecule has 2 rings (SSSR count). The number of nitrogens with one attached hydrogen (secondary N) is 2. The third-order valence-corrected chi connectivity index (χ3v) is 4.03. The highest BCUT2D eigenvalue weighted by atomic mass is 16.5. The normalized spacial score (nSPS) is 12.4. The number of carbonyl (C=O) groups excluding carboxylic acids is 3. The molecule has 0 aliphatic carbocycles. The molecule has 0 spiro atoms. The van der Waals surface area contributed by atoms with Gasteiger partial charge in [-0.25, -0.2) is 9.59 Å². The summed E-state index contributed by atoms with van der Waals surface area (Å²) in [6, 6.07) is 16.7. The number of hydrogen-bond acceptors (Lipinski definition) is 5. The molecule has 2 aromatic carbocycles. The van der Waals surface area contributed by atoms with Crippen LogP contribution in [0.2, 0.25) is 0 Å². The Bertz CT molecular complexity index is 780. The molecule has 0 aliphatic heterocycles. The van der Waals surface area contributed by atoms with Crippen LogP contribution in [0.3, 0.4) is 0 Å². The van der Waals surface area contributed by atoms with E-state index in [4.69, 9.17) is 9.47 Å². The van der Waals surface area contributed by atoms with Gasteiger partial charge in [-0.1, -0.05) is 60.7 Å². The summed E-state index contributed by atoms with van der Waals surface area (Å²) in [7, 11) is 1.26. The summed E-state index contributed by atoms with van der Waals surface area (Å²) in [6.07, 6.45) is -0.436. The Morgan fingerprint density at radius 2 is 1.46 bits per heavy atom. The van der Waals surface area contributed by atoms with Crippen molar-refractivity contribution in [1.82, 2.24) is 10.6 Å². The molecule has 0 unspecified atom stereocenters. The molecule has 0 radical (unpaired) electrons. The van der Waals surface area contributed by atoms with Gasteiger partial charge in [-0.3, -0.25) is 4.79 Å². The van der Waals surface area contributed by atoms with Gasteiger partial charge in [0.1, 0.15) is 18.7 Å². The van der Waals surface area contributed by atoms with E-state index >= 15 is 0 Å². The van der Waals surface area contributed by atoms with E-state index in [9.17, 15) is 14.4 Å². The molecule has 28 heavy (non-hydrogen) atoms. The number of alkyl carbamates (subject to hydrolysis) is 1. The molecule has 2 amide bonds. The SMILES string of the molecule is COC(=O)[C@H](Cc1ccccc1)NC(=O)[C@@H](C)NC(=O)OCc1ccccc1. The van der Waals surface area contributed by atoms with Crippen molar-refractivity contribution in [3.63, 3.8) is 0 Å². The van der Waals surface area contributed by atoms with Gasteiger partial charge < -0.3 is 20.1 Å². The minimum absolute atomic E-state index is 0.0970. The molecule has 0 aliphatic rings. The number of rotatable bonds is 8. The Morgan fingerprint density at radius 1 is 0.893 bits per heavy atom. The third-order valence-electron chi connectivity index (χ3n) is 4.03. The first-order chi connectivity index (χ1) is 13.5. The van der Waals surface area contributed by atoms with Crippen molar-refractivity contribution in [2.45, 2.75) is 32.0 Å². The number of hydrogen-bond donors (Lipinski definition) is 2. The van der Waals surface area contributed by atoms with Crippen molar-refractivity contribution in [1.29, 1.82) is 0 Å². The van der Waals surface area contributed by atoms with Gasteiger partial charge in [0.15, 0.2) is 0 Å². The number of ether oxygens (including phenoxy) is 2. The molecule has 7 nitrogen and oxygen atoms in total. The fraction of sp³-hybridized carbons (Fsp3) is 0.286.